The summed E-state index contributed by atoms with van der Waals surface area (Å²) in [7, 11) is 0. The molecule has 0 aromatic carbocycles. The largest absolute Gasteiger partial charge is 0.0839 e. The van der Waals surface area contributed by atoms with Gasteiger partial charge in [-0.15, -0.1) is 0 Å². The van der Waals surface area contributed by atoms with Gasteiger partial charge in [0.15, 0.2) is 0 Å². The van der Waals surface area contributed by atoms with Gasteiger partial charge in [-0.25, -0.2) is 0 Å². The SMILES string of the molecule is C1=CC2=C(CC1)C1=C(C=CCC1)CCC2. The van der Waals surface area contributed by atoms with Gasteiger partial charge in [0.25, 0.3) is 0 Å². The second-order valence-electron chi connectivity index (χ2n) is 4.74. The van der Waals surface area contributed by atoms with Gasteiger partial charge in [-0.3, -0.25) is 0 Å². The summed E-state index contributed by atoms with van der Waals surface area (Å²) in [6.45, 7) is 0. The van der Waals surface area contributed by atoms with Gasteiger partial charge in [0.05, 0.1) is 0 Å². The van der Waals surface area contributed by atoms with E-state index in [1.165, 1.54) is 44.9 Å². The molecule has 0 fully saturated rings. The average Bonchev–Trinajstić information content (AvgIpc) is 2.48. The highest BCUT2D eigenvalue weighted by Gasteiger charge is 2.19. The van der Waals surface area contributed by atoms with Crippen LogP contribution in [-0.4, -0.2) is 0 Å². The number of fused-ring (bicyclic) bond motifs is 1. The van der Waals surface area contributed by atoms with Crippen LogP contribution in [0.5, 0.6) is 0 Å². The molecule has 3 aliphatic carbocycles. The molecule has 0 N–H and O–H groups in total. The zero-order chi connectivity index (χ0) is 10.1. The molecule has 0 aliphatic heterocycles. The van der Waals surface area contributed by atoms with Crippen molar-refractivity contribution in [2.75, 3.05) is 0 Å². The molecular weight excluding hydrogens is 180 g/mol. The molecule has 15 heavy (non-hydrogen) atoms. The lowest BCUT2D eigenvalue weighted by atomic mass is 9.85. The minimum atomic E-state index is 1.25. The van der Waals surface area contributed by atoms with Gasteiger partial charge in [0.2, 0.25) is 0 Å². The summed E-state index contributed by atoms with van der Waals surface area (Å²) in [4.78, 5) is 0. The molecule has 3 rings (SSSR count). The summed E-state index contributed by atoms with van der Waals surface area (Å²) in [6.07, 6.45) is 18.5. The summed E-state index contributed by atoms with van der Waals surface area (Å²) in [5.74, 6) is 0. The normalized spacial score (nSPS) is 25.1. The Bertz CT molecular complexity index is 350. The third kappa shape index (κ3) is 1.62. The van der Waals surface area contributed by atoms with Crippen molar-refractivity contribution < 1.29 is 0 Å². The predicted octanol–water partition coefficient (Wildman–Crippen LogP) is 4.46. The van der Waals surface area contributed by atoms with E-state index in [-0.39, 0.29) is 0 Å². The fourth-order valence-electron chi connectivity index (χ4n) is 3.06. The Morgan fingerprint density at radius 2 is 1.20 bits per heavy atom. The number of hydrogen-bond donors (Lipinski definition) is 0. The molecule has 0 heteroatoms. The first-order valence-corrected chi connectivity index (χ1v) is 6.22. The smallest absolute Gasteiger partial charge is 0.0238 e. The summed E-state index contributed by atoms with van der Waals surface area (Å²) < 4.78 is 0. The Morgan fingerprint density at radius 1 is 0.667 bits per heavy atom. The highest BCUT2D eigenvalue weighted by atomic mass is 14.2. The van der Waals surface area contributed by atoms with Gasteiger partial charge < -0.3 is 0 Å². The zero-order valence-electron chi connectivity index (χ0n) is 9.26. The fraction of sp³-hybridized carbons (Fsp3) is 0.467. The third-order valence-electron chi connectivity index (χ3n) is 3.79. The number of allylic oxidation sites excluding steroid dienone is 8. The number of hydrogen-bond acceptors (Lipinski definition) is 0. The van der Waals surface area contributed by atoms with Crippen LogP contribution in [-0.2, 0) is 0 Å². The van der Waals surface area contributed by atoms with Crippen LogP contribution >= 0.6 is 0 Å². The quantitative estimate of drug-likeness (QED) is 0.539. The van der Waals surface area contributed by atoms with E-state index in [0.29, 0.717) is 0 Å². The Morgan fingerprint density at radius 3 is 1.73 bits per heavy atom. The first-order chi connectivity index (χ1) is 7.45. The van der Waals surface area contributed by atoms with Crippen LogP contribution in [0.1, 0.15) is 44.9 Å². The average molecular weight is 198 g/mol. The van der Waals surface area contributed by atoms with E-state index in [2.05, 4.69) is 24.3 Å². The van der Waals surface area contributed by atoms with Crippen LogP contribution in [0.2, 0.25) is 0 Å². The van der Waals surface area contributed by atoms with Crippen molar-refractivity contribution in [2.24, 2.45) is 0 Å². The van der Waals surface area contributed by atoms with E-state index in [0.717, 1.165) is 0 Å². The van der Waals surface area contributed by atoms with E-state index < -0.39 is 0 Å². The van der Waals surface area contributed by atoms with E-state index in [1.807, 2.05) is 0 Å². The molecule has 0 saturated carbocycles. The van der Waals surface area contributed by atoms with Crippen molar-refractivity contribution in [1.82, 2.24) is 0 Å². The summed E-state index contributed by atoms with van der Waals surface area (Å²) >= 11 is 0. The van der Waals surface area contributed by atoms with Gasteiger partial charge in [-0.1, -0.05) is 24.3 Å². The van der Waals surface area contributed by atoms with Crippen molar-refractivity contribution in [1.29, 1.82) is 0 Å². The zero-order valence-corrected chi connectivity index (χ0v) is 9.26. The Labute approximate surface area is 92.1 Å². The van der Waals surface area contributed by atoms with Gasteiger partial charge in [0, 0.05) is 0 Å². The fourth-order valence-corrected chi connectivity index (χ4v) is 3.06. The molecule has 0 unspecified atom stereocenters. The van der Waals surface area contributed by atoms with Crippen molar-refractivity contribution in [2.45, 2.75) is 44.9 Å². The van der Waals surface area contributed by atoms with Crippen LogP contribution in [0.4, 0.5) is 0 Å². The second-order valence-corrected chi connectivity index (χ2v) is 4.74. The van der Waals surface area contributed by atoms with Crippen molar-refractivity contribution >= 4 is 0 Å². The van der Waals surface area contributed by atoms with Crippen molar-refractivity contribution in [3.63, 3.8) is 0 Å². The molecule has 0 aromatic heterocycles. The molecule has 0 bridgehead atoms. The molecule has 0 radical (unpaired) electrons. The molecule has 0 heterocycles. The van der Waals surface area contributed by atoms with Gasteiger partial charge in [-0.2, -0.15) is 0 Å². The molecule has 0 spiro atoms. The molecule has 0 saturated heterocycles. The first kappa shape index (κ1) is 9.21. The maximum Gasteiger partial charge on any atom is -0.0238 e. The van der Waals surface area contributed by atoms with E-state index in [4.69, 9.17) is 0 Å². The highest BCUT2D eigenvalue weighted by Crippen LogP contribution is 2.38. The van der Waals surface area contributed by atoms with E-state index in [9.17, 15) is 0 Å². The summed E-state index contributed by atoms with van der Waals surface area (Å²) in [5, 5.41) is 0. The maximum absolute atomic E-state index is 2.38. The molecule has 78 valence electrons. The molecule has 0 nitrogen and oxygen atoms in total. The van der Waals surface area contributed by atoms with Crippen molar-refractivity contribution in [3.8, 4) is 0 Å². The summed E-state index contributed by atoms with van der Waals surface area (Å²) in [5.41, 5.74) is 6.69. The lowest BCUT2D eigenvalue weighted by Crippen LogP contribution is -2.01. The van der Waals surface area contributed by atoms with E-state index >= 15 is 0 Å². The van der Waals surface area contributed by atoms with Crippen molar-refractivity contribution in [3.05, 3.63) is 46.6 Å². The van der Waals surface area contributed by atoms with E-state index in [1.54, 1.807) is 22.3 Å². The number of rotatable bonds is 0. The van der Waals surface area contributed by atoms with Gasteiger partial charge in [-0.05, 0) is 67.2 Å². The lowest BCUT2D eigenvalue weighted by molar-refractivity contribution is 0.822. The molecular formula is C15H18. The third-order valence-corrected chi connectivity index (χ3v) is 3.79. The first-order valence-electron chi connectivity index (χ1n) is 6.22. The minimum absolute atomic E-state index is 1.25. The van der Waals surface area contributed by atoms with Gasteiger partial charge in [0.1, 0.15) is 0 Å². The maximum atomic E-state index is 2.38. The lowest BCUT2D eigenvalue weighted by Gasteiger charge is -2.20. The minimum Gasteiger partial charge on any atom is -0.0839 e. The Kier molecular flexibility index (Phi) is 2.36. The molecule has 3 aliphatic rings. The predicted molar refractivity (Wildman–Crippen MR) is 64.7 cm³/mol. The van der Waals surface area contributed by atoms with Crippen LogP contribution < -0.4 is 0 Å². The highest BCUT2D eigenvalue weighted by molar-refractivity contribution is 5.50. The van der Waals surface area contributed by atoms with Crippen LogP contribution in [0.25, 0.3) is 0 Å². The topological polar surface area (TPSA) is 0 Å². The monoisotopic (exact) mass is 198 g/mol. The van der Waals surface area contributed by atoms with Crippen LogP contribution in [0, 0.1) is 0 Å². The van der Waals surface area contributed by atoms with Gasteiger partial charge >= 0.3 is 0 Å². The Hall–Kier alpha value is -1.04. The molecule has 0 amide bonds. The Balaban J connectivity index is 2.08. The van der Waals surface area contributed by atoms with Crippen LogP contribution in [0.3, 0.4) is 0 Å². The second kappa shape index (κ2) is 3.84. The van der Waals surface area contributed by atoms with Crippen LogP contribution in [0.15, 0.2) is 46.6 Å². The summed E-state index contributed by atoms with van der Waals surface area (Å²) in [6, 6.07) is 0. The standard InChI is InChI=1S/C15H18/c1-3-10-14-12(6-1)8-5-9-13-7-2-4-11-15(13)14/h1-2,6-7H,3-5,8-11H2. The molecule has 0 aromatic rings. The molecule has 0 atom stereocenters.